The van der Waals surface area contributed by atoms with Crippen molar-refractivity contribution in [2.24, 2.45) is 0 Å². The van der Waals surface area contributed by atoms with Crippen LogP contribution in [0.3, 0.4) is 0 Å². The van der Waals surface area contributed by atoms with Crippen LogP contribution in [0.25, 0.3) is 21.1 Å². The molecule has 0 unspecified atom stereocenters. The van der Waals surface area contributed by atoms with Crippen LogP contribution in [0.5, 0.6) is 0 Å². The molecule has 0 spiro atoms. The van der Waals surface area contributed by atoms with Gasteiger partial charge in [-0.15, -0.1) is 0 Å². The molecule has 6 nitrogen and oxygen atoms in total. The summed E-state index contributed by atoms with van der Waals surface area (Å²) in [5.41, 5.74) is 0.0877. The van der Waals surface area contributed by atoms with Crippen molar-refractivity contribution < 1.29 is 4.39 Å². The van der Waals surface area contributed by atoms with Gasteiger partial charge in [0.15, 0.2) is 0 Å². The zero-order valence-electron chi connectivity index (χ0n) is 12.6. The van der Waals surface area contributed by atoms with E-state index in [0.717, 1.165) is 11.5 Å². The van der Waals surface area contributed by atoms with Gasteiger partial charge in [0.2, 0.25) is 5.43 Å². The van der Waals surface area contributed by atoms with Gasteiger partial charge in [0.05, 0.1) is 16.7 Å². The normalized spacial score (nSPS) is 16.9. The Morgan fingerprint density at radius 3 is 2.78 bits per heavy atom. The Labute approximate surface area is 134 Å². The summed E-state index contributed by atoms with van der Waals surface area (Å²) in [4.78, 5) is 29.6. The van der Waals surface area contributed by atoms with Gasteiger partial charge in [0.25, 0.3) is 5.56 Å². The minimum absolute atomic E-state index is 0.0288. The van der Waals surface area contributed by atoms with Gasteiger partial charge < -0.3 is 15.2 Å². The number of hydrogen-bond acceptors (Lipinski definition) is 5. The van der Waals surface area contributed by atoms with Crippen LogP contribution in [-0.2, 0) is 0 Å². The number of hydrogen-bond donors (Lipinski definition) is 3. The standard InChI is InChI=1S/C15H15FN4O2S/c1-15(17-2)5-20(6-15)10-4-9-7(3-8(10)16)12(21)11-13(22)19-23-14(11)18-9/h3-4,17H,5-6H2,1-2H3,(H,18,21)(H,19,22). The molecule has 0 aliphatic carbocycles. The number of pyridine rings is 1. The molecule has 1 aliphatic rings. The second-order valence-electron chi connectivity index (χ2n) is 6.21. The lowest BCUT2D eigenvalue weighted by atomic mass is 9.91. The topological polar surface area (TPSA) is 81.0 Å². The summed E-state index contributed by atoms with van der Waals surface area (Å²) in [5.74, 6) is -0.452. The van der Waals surface area contributed by atoms with Gasteiger partial charge in [-0.3, -0.25) is 14.0 Å². The molecular weight excluding hydrogens is 319 g/mol. The van der Waals surface area contributed by atoms with Gasteiger partial charge in [0.1, 0.15) is 16.0 Å². The SMILES string of the molecule is CNC1(C)CN(c2cc3[nH]c4s[nH]c(=O)c4c(=O)c3cc2F)C1. The third kappa shape index (κ3) is 2.02. The van der Waals surface area contributed by atoms with Gasteiger partial charge in [-0.2, -0.15) is 0 Å². The number of benzene rings is 1. The van der Waals surface area contributed by atoms with Gasteiger partial charge >= 0.3 is 0 Å². The lowest BCUT2D eigenvalue weighted by Crippen LogP contribution is -2.67. The number of likely N-dealkylation sites (N-methyl/N-ethyl adjacent to an activating group) is 1. The number of fused-ring (bicyclic) bond motifs is 2. The summed E-state index contributed by atoms with van der Waals surface area (Å²) in [5, 5.41) is 3.46. The molecule has 1 aliphatic heterocycles. The van der Waals surface area contributed by atoms with E-state index < -0.39 is 16.8 Å². The molecule has 3 aromatic rings. The van der Waals surface area contributed by atoms with E-state index in [1.54, 1.807) is 6.07 Å². The van der Waals surface area contributed by atoms with E-state index >= 15 is 0 Å². The smallest absolute Gasteiger partial charge is 0.271 e. The molecule has 1 aromatic carbocycles. The van der Waals surface area contributed by atoms with Crippen LogP contribution >= 0.6 is 11.5 Å². The Kier molecular flexibility index (Phi) is 2.91. The molecule has 0 amide bonds. The summed E-state index contributed by atoms with van der Waals surface area (Å²) in [7, 11) is 1.89. The van der Waals surface area contributed by atoms with E-state index in [4.69, 9.17) is 0 Å². The van der Waals surface area contributed by atoms with Gasteiger partial charge in [0, 0.05) is 18.5 Å². The maximum atomic E-state index is 14.5. The molecule has 1 fully saturated rings. The highest BCUT2D eigenvalue weighted by atomic mass is 32.1. The molecule has 0 radical (unpaired) electrons. The summed E-state index contributed by atoms with van der Waals surface area (Å²) < 4.78 is 17.0. The molecule has 8 heteroatoms. The van der Waals surface area contributed by atoms with Crippen molar-refractivity contribution in [3.8, 4) is 0 Å². The first-order valence-electron chi connectivity index (χ1n) is 7.22. The second kappa shape index (κ2) is 4.65. The monoisotopic (exact) mass is 334 g/mol. The van der Waals surface area contributed by atoms with Gasteiger partial charge in [-0.05, 0) is 37.6 Å². The number of halogens is 1. The first-order chi connectivity index (χ1) is 10.9. The Balaban J connectivity index is 1.89. The fourth-order valence-electron chi connectivity index (χ4n) is 3.07. The minimum Gasteiger partial charge on any atom is -0.365 e. The van der Waals surface area contributed by atoms with E-state index in [9.17, 15) is 14.0 Å². The highest BCUT2D eigenvalue weighted by Crippen LogP contribution is 2.31. The van der Waals surface area contributed by atoms with Crippen molar-refractivity contribution in [1.82, 2.24) is 14.7 Å². The molecule has 1 saturated heterocycles. The Bertz CT molecular complexity index is 1050. The van der Waals surface area contributed by atoms with Crippen molar-refractivity contribution in [3.63, 3.8) is 0 Å². The Morgan fingerprint density at radius 2 is 2.09 bits per heavy atom. The Hall–Kier alpha value is -2.19. The first-order valence-corrected chi connectivity index (χ1v) is 8.04. The van der Waals surface area contributed by atoms with Crippen molar-refractivity contribution >= 4 is 38.3 Å². The number of aromatic amines is 2. The number of aromatic nitrogens is 2. The predicted molar refractivity (Wildman–Crippen MR) is 90.2 cm³/mol. The van der Waals surface area contributed by atoms with Crippen molar-refractivity contribution in [3.05, 3.63) is 38.5 Å². The third-order valence-corrected chi connectivity index (χ3v) is 5.33. The van der Waals surface area contributed by atoms with E-state index in [-0.39, 0.29) is 16.3 Å². The summed E-state index contributed by atoms with van der Waals surface area (Å²) >= 11 is 1.07. The molecular formula is C15H15FN4O2S. The van der Waals surface area contributed by atoms with E-state index in [2.05, 4.69) is 21.6 Å². The fraction of sp³-hybridized carbons (Fsp3) is 0.333. The lowest BCUT2D eigenvalue weighted by molar-refractivity contribution is 0.301. The average Bonchev–Trinajstić information content (AvgIpc) is 2.86. The van der Waals surface area contributed by atoms with Crippen molar-refractivity contribution in [2.45, 2.75) is 12.5 Å². The number of H-pyrrole nitrogens is 2. The highest BCUT2D eigenvalue weighted by Gasteiger charge is 2.38. The maximum absolute atomic E-state index is 14.5. The molecule has 0 saturated carbocycles. The summed E-state index contributed by atoms with van der Waals surface area (Å²) in [6.45, 7) is 3.46. The zero-order valence-corrected chi connectivity index (χ0v) is 13.4. The lowest BCUT2D eigenvalue weighted by Gasteiger charge is -2.49. The van der Waals surface area contributed by atoms with Crippen LogP contribution in [0, 0.1) is 5.82 Å². The van der Waals surface area contributed by atoms with Crippen LogP contribution in [0.2, 0.25) is 0 Å². The second-order valence-corrected chi connectivity index (χ2v) is 7.02. The van der Waals surface area contributed by atoms with Crippen molar-refractivity contribution in [2.75, 3.05) is 25.0 Å². The first kappa shape index (κ1) is 14.4. The Morgan fingerprint density at radius 1 is 1.35 bits per heavy atom. The maximum Gasteiger partial charge on any atom is 0.271 e. The van der Waals surface area contributed by atoms with Gasteiger partial charge in [-0.1, -0.05) is 0 Å². The van der Waals surface area contributed by atoms with Crippen LogP contribution < -0.4 is 21.2 Å². The molecule has 4 rings (SSSR count). The number of anilines is 1. The van der Waals surface area contributed by atoms with Crippen molar-refractivity contribution in [1.29, 1.82) is 0 Å². The number of rotatable bonds is 2. The van der Waals surface area contributed by atoms with E-state index in [0.29, 0.717) is 29.1 Å². The minimum atomic E-state index is -0.452. The molecule has 0 bridgehead atoms. The summed E-state index contributed by atoms with van der Waals surface area (Å²) in [6.07, 6.45) is 0. The van der Waals surface area contributed by atoms with Crippen LogP contribution in [0.15, 0.2) is 21.7 Å². The van der Waals surface area contributed by atoms with E-state index in [1.165, 1.54) is 6.07 Å². The molecule has 3 N–H and O–H groups in total. The van der Waals surface area contributed by atoms with Gasteiger partial charge in [-0.25, -0.2) is 4.39 Å². The van der Waals surface area contributed by atoms with Crippen LogP contribution in [0.1, 0.15) is 6.92 Å². The quantitative estimate of drug-likeness (QED) is 0.661. The highest BCUT2D eigenvalue weighted by molar-refractivity contribution is 7.12. The number of nitrogens with zero attached hydrogens (tertiary/aromatic N) is 1. The van der Waals surface area contributed by atoms with Crippen LogP contribution in [0.4, 0.5) is 10.1 Å². The molecule has 3 heterocycles. The largest absolute Gasteiger partial charge is 0.365 e. The van der Waals surface area contributed by atoms with Crippen LogP contribution in [-0.4, -0.2) is 35.0 Å². The molecule has 23 heavy (non-hydrogen) atoms. The number of nitrogens with one attached hydrogen (secondary N) is 3. The fourth-order valence-corrected chi connectivity index (χ4v) is 3.82. The molecule has 2 aromatic heterocycles. The molecule has 0 atom stereocenters. The van der Waals surface area contributed by atoms with E-state index in [1.807, 2.05) is 11.9 Å². The third-order valence-electron chi connectivity index (χ3n) is 4.53. The molecule has 120 valence electrons. The summed E-state index contributed by atoms with van der Waals surface area (Å²) in [6, 6.07) is 2.86. The average molecular weight is 334 g/mol. The predicted octanol–water partition coefficient (Wildman–Crippen LogP) is 1.37. The zero-order chi connectivity index (χ0) is 16.4.